The molecule has 0 bridgehead atoms. The highest BCUT2D eigenvalue weighted by atomic mass is 35.5. The van der Waals surface area contributed by atoms with Gasteiger partial charge in [0.05, 0.1) is 31.2 Å². The molecular weight excluding hydrogens is 509 g/mol. The second-order valence-electron chi connectivity index (χ2n) is 7.30. The molecule has 32 heavy (non-hydrogen) atoms. The summed E-state index contributed by atoms with van der Waals surface area (Å²) in [6.45, 7) is 4.54. The van der Waals surface area contributed by atoms with E-state index in [4.69, 9.17) is 46.4 Å². The van der Waals surface area contributed by atoms with E-state index in [2.05, 4.69) is 13.8 Å². The third-order valence-electron chi connectivity index (χ3n) is 4.75. The molecule has 2 rings (SSSR count). The molecule has 0 N–H and O–H groups in total. The van der Waals surface area contributed by atoms with E-state index in [1.54, 1.807) is 0 Å². The third kappa shape index (κ3) is 9.20. The van der Waals surface area contributed by atoms with E-state index in [1.165, 1.54) is 87.8 Å². The van der Waals surface area contributed by atoms with E-state index in [9.17, 15) is 14.2 Å². The number of benzene rings is 2. The lowest BCUT2D eigenvalue weighted by Gasteiger charge is -2.08. The standard InChI is InChI=1S/C14H7Cl4O3P.C10H22/c15-7-3-1-4-8(16)11(7)13(19)22(21)14(20)12-9(17)5-2-6-10(12)18;1-3-5-7-9-10-8-6-4-2/h1-6,22H;3-10H2,1-2H3. The Morgan fingerprint density at radius 1 is 0.625 bits per heavy atom. The molecule has 8 heteroatoms. The summed E-state index contributed by atoms with van der Waals surface area (Å²) in [4.78, 5) is 24.6. The van der Waals surface area contributed by atoms with Gasteiger partial charge in [0, 0.05) is 0 Å². The van der Waals surface area contributed by atoms with Gasteiger partial charge in [-0.3, -0.25) is 9.59 Å². The van der Waals surface area contributed by atoms with Gasteiger partial charge in [0.2, 0.25) is 18.8 Å². The van der Waals surface area contributed by atoms with E-state index in [-0.39, 0.29) is 31.2 Å². The van der Waals surface area contributed by atoms with Crippen LogP contribution >= 0.6 is 54.2 Å². The fourth-order valence-electron chi connectivity index (χ4n) is 2.97. The van der Waals surface area contributed by atoms with Gasteiger partial charge in [0.25, 0.3) is 0 Å². The SMILES string of the molecule is CCCCCCCCCC.O=C(c1c(Cl)cccc1Cl)[PH](=O)C(=O)c1c(Cl)cccc1Cl. The average molecular weight is 538 g/mol. The van der Waals surface area contributed by atoms with Crippen LogP contribution < -0.4 is 0 Å². The number of rotatable bonds is 11. The monoisotopic (exact) mass is 536 g/mol. The minimum atomic E-state index is -3.40. The van der Waals surface area contributed by atoms with Crippen molar-refractivity contribution in [2.75, 3.05) is 0 Å². The molecule has 0 atom stereocenters. The predicted octanol–water partition coefficient (Wildman–Crippen LogP) is 9.99. The second-order valence-corrected chi connectivity index (χ2v) is 10.5. The van der Waals surface area contributed by atoms with Crippen LogP contribution in [0.1, 0.15) is 85.9 Å². The minimum Gasteiger partial charge on any atom is -0.310 e. The summed E-state index contributed by atoms with van der Waals surface area (Å²) in [6, 6.07) is 8.74. The lowest BCUT2D eigenvalue weighted by molar-refractivity contribution is 0.104. The van der Waals surface area contributed by atoms with Gasteiger partial charge in [-0.1, -0.05) is 124 Å². The summed E-state index contributed by atoms with van der Waals surface area (Å²) in [7, 11) is -3.40. The molecule has 0 unspecified atom stereocenters. The number of hydrogen-bond donors (Lipinski definition) is 0. The second kappa shape index (κ2) is 15.9. The zero-order chi connectivity index (χ0) is 24.1. The first-order valence-corrected chi connectivity index (χ1v) is 13.7. The van der Waals surface area contributed by atoms with Gasteiger partial charge in [-0.05, 0) is 24.3 Å². The van der Waals surface area contributed by atoms with Crippen LogP contribution in [0.5, 0.6) is 0 Å². The quantitative estimate of drug-likeness (QED) is 0.211. The number of hydrogen-bond acceptors (Lipinski definition) is 3. The fraction of sp³-hybridized carbons (Fsp3) is 0.417. The summed E-state index contributed by atoms with van der Waals surface area (Å²) < 4.78 is 12.3. The van der Waals surface area contributed by atoms with Crippen molar-refractivity contribution in [1.29, 1.82) is 0 Å². The molecule has 0 aromatic heterocycles. The van der Waals surface area contributed by atoms with Crippen molar-refractivity contribution in [3.8, 4) is 0 Å². The van der Waals surface area contributed by atoms with Gasteiger partial charge in [-0.15, -0.1) is 0 Å². The molecule has 0 saturated carbocycles. The van der Waals surface area contributed by atoms with Gasteiger partial charge in [0.1, 0.15) is 0 Å². The van der Waals surface area contributed by atoms with Crippen LogP contribution in [-0.2, 0) is 4.57 Å². The van der Waals surface area contributed by atoms with Crippen LogP contribution in [0.4, 0.5) is 0 Å². The zero-order valence-corrected chi connectivity index (χ0v) is 22.4. The summed E-state index contributed by atoms with van der Waals surface area (Å²) in [6.07, 6.45) is 11.5. The molecule has 0 amide bonds. The molecule has 0 aliphatic heterocycles. The lowest BCUT2D eigenvalue weighted by atomic mass is 10.1. The maximum absolute atomic E-state index is 12.3. The molecule has 0 aliphatic carbocycles. The molecule has 0 spiro atoms. The first-order valence-electron chi connectivity index (χ1n) is 10.8. The largest absolute Gasteiger partial charge is 0.310 e. The van der Waals surface area contributed by atoms with E-state index < -0.39 is 18.8 Å². The number of unbranched alkanes of at least 4 members (excludes halogenated alkanes) is 7. The van der Waals surface area contributed by atoms with E-state index in [0.717, 1.165) is 0 Å². The highest BCUT2D eigenvalue weighted by Gasteiger charge is 2.29. The van der Waals surface area contributed by atoms with Crippen molar-refractivity contribution >= 4 is 65.3 Å². The molecule has 0 radical (unpaired) electrons. The number of halogens is 4. The van der Waals surface area contributed by atoms with Crippen molar-refractivity contribution < 1.29 is 14.2 Å². The first kappa shape index (κ1) is 29.2. The summed E-state index contributed by atoms with van der Waals surface area (Å²) in [5, 5.41) is 0.0885. The Kier molecular flexibility index (Phi) is 14.5. The third-order valence-corrected chi connectivity index (χ3v) is 7.33. The van der Waals surface area contributed by atoms with E-state index >= 15 is 0 Å². The molecule has 3 nitrogen and oxygen atoms in total. The molecule has 2 aromatic carbocycles. The van der Waals surface area contributed by atoms with Crippen molar-refractivity contribution in [1.82, 2.24) is 0 Å². The lowest BCUT2D eigenvalue weighted by Crippen LogP contribution is -2.04. The Morgan fingerprint density at radius 3 is 1.19 bits per heavy atom. The van der Waals surface area contributed by atoms with E-state index in [1.807, 2.05) is 0 Å². The Bertz CT molecular complexity index is 817. The smallest absolute Gasteiger partial charge is 0.229 e. The van der Waals surface area contributed by atoms with Gasteiger partial charge < -0.3 is 4.57 Å². The average Bonchev–Trinajstić information content (AvgIpc) is 2.75. The molecule has 176 valence electrons. The highest BCUT2D eigenvalue weighted by Crippen LogP contribution is 2.40. The Labute approximate surface area is 211 Å². The van der Waals surface area contributed by atoms with Gasteiger partial charge >= 0.3 is 0 Å². The summed E-state index contributed by atoms with van der Waals surface area (Å²) in [5.74, 6) is 0. The van der Waals surface area contributed by atoms with Crippen LogP contribution in [-0.4, -0.2) is 11.0 Å². The van der Waals surface area contributed by atoms with Crippen LogP contribution in [0, 0.1) is 0 Å². The Hall–Kier alpha value is -0.830. The van der Waals surface area contributed by atoms with Crippen LogP contribution in [0.2, 0.25) is 20.1 Å². The van der Waals surface area contributed by atoms with Gasteiger partial charge in [-0.25, -0.2) is 0 Å². The molecule has 0 saturated heterocycles. The minimum absolute atomic E-state index is 0.0221. The molecular formula is C24H29Cl4O3P. The van der Waals surface area contributed by atoms with Crippen molar-refractivity contribution in [2.24, 2.45) is 0 Å². The van der Waals surface area contributed by atoms with Crippen molar-refractivity contribution in [2.45, 2.75) is 65.2 Å². The normalized spacial score (nSPS) is 10.6. The first-order chi connectivity index (χ1) is 15.3. The maximum atomic E-state index is 12.3. The maximum Gasteiger partial charge on any atom is 0.229 e. The van der Waals surface area contributed by atoms with E-state index in [0.29, 0.717) is 0 Å². The van der Waals surface area contributed by atoms with Crippen LogP contribution in [0.3, 0.4) is 0 Å². The number of carbonyl (C=O) groups excluding carboxylic acids is 2. The molecule has 0 heterocycles. The van der Waals surface area contributed by atoms with Crippen LogP contribution in [0.25, 0.3) is 0 Å². The molecule has 0 fully saturated rings. The van der Waals surface area contributed by atoms with Gasteiger partial charge in [0.15, 0.2) is 0 Å². The fourth-order valence-corrected chi connectivity index (χ4v) is 5.62. The Balaban J connectivity index is 0.000000433. The predicted molar refractivity (Wildman–Crippen MR) is 139 cm³/mol. The molecule has 0 aliphatic rings. The summed E-state index contributed by atoms with van der Waals surface area (Å²) >= 11 is 23.6. The van der Waals surface area contributed by atoms with Crippen molar-refractivity contribution in [3.05, 3.63) is 67.6 Å². The van der Waals surface area contributed by atoms with Gasteiger partial charge in [-0.2, -0.15) is 0 Å². The summed E-state index contributed by atoms with van der Waals surface area (Å²) in [5.41, 5.74) is -2.15. The van der Waals surface area contributed by atoms with Crippen molar-refractivity contribution in [3.63, 3.8) is 0 Å². The van der Waals surface area contributed by atoms with Crippen LogP contribution in [0.15, 0.2) is 36.4 Å². The number of carbonyl (C=O) groups is 2. The zero-order valence-electron chi connectivity index (χ0n) is 18.4. The molecule has 2 aromatic rings. The highest BCUT2D eigenvalue weighted by molar-refractivity contribution is 7.80. The topological polar surface area (TPSA) is 51.2 Å². The Morgan fingerprint density at radius 2 is 0.906 bits per heavy atom.